The Morgan fingerprint density at radius 3 is 2.92 bits per heavy atom. The maximum atomic E-state index is 12.2. The van der Waals surface area contributed by atoms with Crippen LogP contribution in [0.4, 0.5) is 0 Å². The minimum atomic E-state index is -0.0879. The molecule has 1 aliphatic heterocycles. The fourth-order valence-corrected chi connectivity index (χ4v) is 3.40. The van der Waals surface area contributed by atoms with Crippen LogP contribution in [0, 0.1) is 25.7 Å². The van der Waals surface area contributed by atoms with E-state index in [1.807, 2.05) is 18.0 Å². The van der Waals surface area contributed by atoms with Crippen LogP contribution >= 0.6 is 0 Å². The second-order valence-corrected chi connectivity index (χ2v) is 6.55. The van der Waals surface area contributed by atoms with Crippen molar-refractivity contribution in [3.05, 3.63) is 47.5 Å². The van der Waals surface area contributed by atoms with Gasteiger partial charge in [0.15, 0.2) is 0 Å². The molecule has 4 nitrogen and oxygen atoms in total. The van der Waals surface area contributed by atoms with E-state index in [2.05, 4.69) is 48.0 Å². The number of likely N-dealkylation sites (tertiary alicyclic amines) is 1. The van der Waals surface area contributed by atoms with Gasteiger partial charge in [-0.2, -0.15) is 0 Å². The monoisotopic (exact) mass is 333 g/mol. The summed E-state index contributed by atoms with van der Waals surface area (Å²) in [4.78, 5) is 23.2. The summed E-state index contributed by atoms with van der Waals surface area (Å²) in [5.74, 6) is 6.26. The van der Waals surface area contributed by atoms with Crippen LogP contribution in [0.15, 0.2) is 30.5 Å². The first-order valence-electron chi connectivity index (χ1n) is 8.70. The number of carbonyl (C=O) groups excluding carboxylic acids is 1. The summed E-state index contributed by atoms with van der Waals surface area (Å²) in [5.41, 5.74) is 4.45. The minimum absolute atomic E-state index is 0.0879. The number of piperidine rings is 1. The van der Waals surface area contributed by atoms with Crippen molar-refractivity contribution >= 4 is 5.91 Å². The molecule has 1 atom stereocenters. The average molecular weight is 333 g/mol. The number of aryl methyl sites for hydroxylation is 2. The Labute approximate surface area is 149 Å². The number of rotatable bonds is 2. The number of nitrogens with zero attached hydrogens (tertiary/aromatic N) is 3. The van der Waals surface area contributed by atoms with Gasteiger partial charge in [0, 0.05) is 30.8 Å². The van der Waals surface area contributed by atoms with Crippen LogP contribution in [-0.4, -0.2) is 33.9 Å². The number of amides is 1. The summed E-state index contributed by atoms with van der Waals surface area (Å²) in [6.45, 7) is 7.14. The molecule has 1 unspecified atom stereocenters. The lowest BCUT2D eigenvalue weighted by Crippen LogP contribution is -2.38. The van der Waals surface area contributed by atoms with E-state index >= 15 is 0 Å². The summed E-state index contributed by atoms with van der Waals surface area (Å²) in [7, 11) is 0. The summed E-state index contributed by atoms with van der Waals surface area (Å²) in [6.07, 6.45) is 3.91. The van der Waals surface area contributed by atoms with Crippen molar-refractivity contribution in [3.63, 3.8) is 0 Å². The van der Waals surface area contributed by atoms with Crippen molar-refractivity contribution in [2.45, 2.75) is 39.5 Å². The lowest BCUT2D eigenvalue weighted by molar-refractivity contribution is -0.126. The predicted molar refractivity (Wildman–Crippen MR) is 98.9 cm³/mol. The molecule has 25 heavy (non-hydrogen) atoms. The molecule has 1 aromatic heterocycles. The van der Waals surface area contributed by atoms with Crippen molar-refractivity contribution in [1.29, 1.82) is 0 Å². The molecule has 1 aliphatic rings. The third kappa shape index (κ3) is 3.88. The van der Waals surface area contributed by atoms with Crippen molar-refractivity contribution in [1.82, 2.24) is 14.9 Å². The zero-order valence-electron chi connectivity index (χ0n) is 15.0. The molecule has 1 saturated heterocycles. The van der Waals surface area contributed by atoms with E-state index in [-0.39, 0.29) is 11.8 Å². The van der Waals surface area contributed by atoms with Crippen molar-refractivity contribution in [2.75, 3.05) is 13.1 Å². The quantitative estimate of drug-likeness (QED) is 0.790. The van der Waals surface area contributed by atoms with Crippen LogP contribution in [0.3, 0.4) is 0 Å². The number of aromatic nitrogens is 2. The number of benzene rings is 1. The topological polar surface area (TPSA) is 46.1 Å². The van der Waals surface area contributed by atoms with Gasteiger partial charge >= 0.3 is 0 Å². The van der Waals surface area contributed by atoms with Crippen LogP contribution in [0.5, 0.6) is 0 Å². The maximum absolute atomic E-state index is 12.2. The van der Waals surface area contributed by atoms with E-state index in [1.165, 1.54) is 5.56 Å². The summed E-state index contributed by atoms with van der Waals surface area (Å²) < 4.78 is 0. The molecule has 0 aliphatic carbocycles. The molecule has 1 amide bonds. The van der Waals surface area contributed by atoms with Gasteiger partial charge in [0.25, 0.3) is 5.91 Å². The zero-order valence-corrected chi connectivity index (χ0v) is 15.0. The molecule has 2 heterocycles. The maximum Gasteiger partial charge on any atom is 0.298 e. The number of carbonyl (C=O) groups is 1. The highest BCUT2D eigenvalue weighted by atomic mass is 16.2. The fourth-order valence-electron chi connectivity index (χ4n) is 3.40. The SMILES string of the molecule is CC#CC(=O)N1CCCC(c2nc(C)ncc2-c2cccc(C)c2)C1. The van der Waals surface area contributed by atoms with E-state index in [1.54, 1.807) is 6.92 Å². The lowest BCUT2D eigenvalue weighted by atomic mass is 9.89. The van der Waals surface area contributed by atoms with Gasteiger partial charge in [-0.15, -0.1) is 0 Å². The molecule has 0 bridgehead atoms. The molecule has 0 radical (unpaired) electrons. The molecule has 128 valence electrons. The minimum Gasteiger partial charge on any atom is -0.331 e. The van der Waals surface area contributed by atoms with Gasteiger partial charge < -0.3 is 4.90 Å². The standard InChI is InChI=1S/C21H23N3O/c1-4-7-20(25)24-11-6-10-18(14-24)21-19(13-22-16(3)23-21)17-9-5-8-15(2)12-17/h5,8-9,12-13,18H,6,10-11,14H2,1-3H3. The normalized spacial score (nSPS) is 16.9. The third-order valence-electron chi connectivity index (χ3n) is 4.60. The van der Waals surface area contributed by atoms with Gasteiger partial charge in [0.2, 0.25) is 0 Å². The molecule has 3 rings (SSSR count). The first-order chi connectivity index (χ1) is 12.1. The van der Waals surface area contributed by atoms with E-state index in [0.717, 1.165) is 42.0 Å². The van der Waals surface area contributed by atoms with E-state index in [0.29, 0.717) is 6.54 Å². The van der Waals surface area contributed by atoms with E-state index in [9.17, 15) is 4.79 Å². The van der Waals surface area contributed by atoms with Gasteiger partial charge in [-0.25, -0.2) is 9.97 Å². The van der Waals surface area contributed by atoms with Gasteiger partial charge in [-0.1, -0.05) is 35.7 Å². The Morgan fingerprint density at radius 1 is 1.32 bits per heavy atom. The molecule has 0 saturated carbocycles. The molecular weight excluding hydrogens is 310 g/mol. The van der Waals surface area contributed by atoms with Crippen LogP contribution in [-0.2, 0) is 4.79 Å². The molecular formula is C21H23N3O. The molecule has 2 aromatic rings. The first-order valence-corrected chi connectivity index (χ1v) is 8.70. The first kappa shape index (κ1) is 17.2. The Hall–Kier alpha value is -2.67. The average Bonchev–Trinajstić information content (AvgIpc) is 2.62. The molecule has 1 aromatic carbocycles. The highest BCUT2D eigenvalue weighted by Crippen LogP contribution is 2.33. The van der Waals surface area contributed by atoms with Crippen molar-refractivity contribution in [2.24, 2.45) is 0 Å². The number of hydrogen-bond donors (Lipinski definition) is 0. The van der Waals surface area contributed by atoms with Gasteiger partial charge in [0.05, 0.1) is 5.69 Å². The Bertz CT molecular complexity index is 848. The number of hydrogen-bond acceptors (Lipinski definition) is 3. The largest absolute Gasteiger partial charge is 0.331 e. The second kappa shape index (κ2) is 7.48. The Kier molecular flexibility index (Phi) is 5.14. The van der Waals surface area contributed by atoms with Gasteiger partial charge in [-0.05, 0) is 45.1 Å². The van der Waals surface area contributed by atoms with Crippen molar-refractivity contribution in [3.8, 4) is 23.0 Å². The van der Waals surface area contributed by atoms with Crippen LogP contribution in [0.2, 0.25) is 0 Å². The van der Waals surface area contributed by atoms with Crippen LogP contribution in [0.25, 0.3) is 11.1 Å². The highest BCUT2D eigenvalue weighted by molar-refractivity contribution is 5.93. The van der Waals surface area contributed by atoms with Gasteiger partial charge in [-0.3, -0.25) is 4.79 Å². The smallest absolute Gasteiger partial charge is 0.298 e. The van der Waals surface area contributed by atoms with Crippen LogP contribution < -0.4 is 0 Å². The molecule has 4 heteroatoms. The summed E-state index contributed by atoms with van der Waals surface area (Å²) >= 11 is 0. The van der Waals surface area contributed by atoms with Crippen molar-refractivity contribution < 1.29 is 4.79 Å². The van der Waals surface area contributed by atoms with Crippen LogP contribution in [0.1, 0.15) is 42.8 Å². The Balaban J connectivity index is 1.97. The van der Waals surface area contributed by atoms with Gasteiger partial charge in [0.1, 0.15) is 5.82 Å². The molecule has 1 fully saturated rings. The third-order valence-corrected chi connectivity index (χ3v) is 4.60. The fraction of sp³-hybridized carbons (Fsp3) is 0.381. The van der Waals surface area contributed by atoms with E-state index in [4.69, 9.17) is 4.98 Å². The lowest BCUT2D eigenvalue weighted by Gasteiger charge is -2.32. The summed E-state index contributed by atoms with van der Waals surface area (Å²) in [6, 6.07) is 8.40. The second-order valence-electron chi connectivity index (χ2n) is 6.55. The summed E-state index contributed by atoms with van der Waals surface area (Å²) in [5, 5.41) is 0. The predicted octanol–water partition coefficient (Wildman–Crippen LogP) is 3.49. The Morgan fingerprint density at radius 2 is 2.16 bits per heavy atom. The molecule has 0 spiro atoms. The van der Waals surface area contributed by atoms with E-state index < -0.39 is 0 Å². The highest BCUT2D eigenvalue weighted by Gasteiger charge is 2.27. The molecule has 0 N–H and O–H groups in total. The zero-order chi connectivity index (χ0) is 17.8.